The standard InChI is InChI=1S/C15H13BrFN7O2/c1-7-5-11(24(2)21-7)15(25)20-14-12(22-26-23-14)13(18)19-8-3-4-10(17)9(16)6-8/h3-6H,1-2H3,(H2,18,19)(H,20,23,25). The third-order valence-corrected chi connectivity index (χ3v) is 3.96. The Bertz CT molecular complexity index is 1010. The Hall–Kier alpha value is -3.08. The van der Waals surface area contributed by atoms with Crippen LogP contribution in [0.3, 0.4) is 0 Å². The molecular formula is C15H13BrFN7O2. The molecule has 134 valence electrons. The third-order valence-electron chi connectivity index (χ3n) is 3.35. The van der Waals surface area contributed by atoms with Gasteiger partial charge in [-0.15, -0.1) is 0 Å². The second kappa shape index (κ2) is 7.04. The van der Waals surface area contributed by atoms with E-state index in [0.717, 1.165) is 0 Å². The van der Waals surface area contributed by atoms with Gasteiger partial charge in [0.2, 0.25) is 5.82 Å². The van der Waals surface area contributed by atoms with Crippen molar-refractivity contribution in [3.05, 3.63) is 51.6 Å². The van der Waals surface area contributed by atoms with Crippen LogP contribution in [-0.4, -0.2) is 31.8 Å². The molecule has 3 aromatic rings. The van der Waals surface area contributed by atoms with E-state index < -0.39 is 11.7 Å². The fourth-order valence-electron chi connectivity index (χ4n) is 2.18. The molecule has 0 aliphatic heterocycles. The Kier molecular flexibility index (Phi) is 4.80. The SMILES string of the molecule is Cc1cc(C(=O)Nc2nonc2C(N)=Nc2ccc(F)c(Br)c2)n(C)n1. The Morgan fingerprint density at radius 2 is 2.15 bits per heavy atom. The summed E-state index contributed by atoms with van der Waals surface area (Å²) >= 11 is 3.07. The second-order valence-corrected chi connectivity index (χ2v) is 6.16. The number of hydrogen-bond acceptors (Lipinski definition) is 6. The zero-order valence-electron chi connectivity index (χ0n) is 13.7. The van der Waals surface area contributed by atoms with Gasteiger partial charge in [0, 0.05) is 7.05 Å². The van der Waals surface area contributed by atoms with E-state index in [2.05, 4.69) is 46.3 Å². The van der Waals surface area contributed by atoms with E-state index in [0.29, 0.717) is 17.1 Å². The lowest BCUT2D eigenvalue weighted by atomic mass is 10.3. The van der Waals surface area contributed by atoms with E-state index in [-0.39, 0.29) is 21.8 Å². The molecule has 2 aromatic heterocycles. The molecule has 0 spiro atoms. The molecule has 3 N–H and O–H groups in total. The zero-order chi connectivity index (χ0) is 18.8. The van der Waals surface area contributed by atoms with Crippen molar-refractivity contribution in [2.24, 2.45) is 17.8 Å². The summed E-state index contributed by atoms with van der Waals surface area (Å²) in [7, 11) is 1.64. The minimum Gasteiger partial charge on any atom is -0.382 e. The normalized spacial score (nSPS) is 11.6. The number of aliphatic imine (C=N–C) groups is 1. The molecule has 0 radical (unpaired) electrons. The molecule has 26 heavy (non-hydrogen) atoms. The van der Waals surface area contributed by atoms with Crippen LogP contribution in [0.1, 0.15) is 21.9 Å². The Labute approximate surface area is 155 Å². The van der Waals surface area contributed by atoms with Gasteiger partial charge in [0.15, 0.2) is 11.5 Å². The van der Waals surface area contributed by atoms with Crippen molar-refractivity contribution >= 4 is 39.2 Å². The molecular weight excluding hydrogens is 409 g/mol. The largest absolute Gasteiger partial charge is 0.382 e. The summed E-state index contributed by atoms with van der Waals surface area (Å²) in [5.41, 5.74) is 7.38. The highest BCUT2D eigenvalue weighted by molar-refractivity contribution is 9.10. The van der Waals surface area contributed by atoms with Crippen LogP contribution in [-0.2, 0) is 7.05 Å². The van der Waals surface area contributed by atoms with Gasteiger partial charge in [-0.05, 0) is 57.4 Å². The highest BCUT2D eigenvalue weighted by atomic mass is 79.9. The van der Waals surface area contributed by atoms with Gasteiger partial charge in [0.25, 0.3) is 5.91 Å². The van der Waals surface area contributed by atoms with Gasteiger partial charge in [-0.1, -0.05) is 0 Å². The van der Waals surface area contributed by atoms with Gasteiger partial charge >= 0.3 is 0 Å². The van der Waals surface area contributed by atoms with E-state index in [1.165, 1.54) is 22.9 Å². The molecule has 1 aromatic carbocycles. The van der Waals surface area contributed by atoms with E-state index in [1.807, 2.05) is 0 Å². The number of rotatable bonds is 4. The minimum atomic E-state index is -0.456. The summed E-state index contributed by atoms with van der Waals surface area (Å²) in [6, 6.07) is 5.75. The van der Waals surface area contributed by atoms with Crippen molar-refractivity contribution in [3.63, 3.8) is 0 Å². The number of nitrogens with two attached hydrogens (primary N) is 1. The maximum Gasteiger partial charge on any atom is 0.275 e. The molecule has 2 heterocycles. The van der Waals surface area contributed by atoms with Gasteiger partial charge in [0.05, 0.1) is 15.9 Å². The molecule has 0 fully saturated rings. The highest BCUT2D eigenvalue weighted by Crippen LogP contribution is 2.23. The number of anilines is 1. The van der Waals surface area contributed by atoms with Gasteiger partial charge in [-0.3, -0.25) is 9.48 Å². The first-order valence-corrected chi connectivity index (χ1v) is 8.08. The predicted molar refractivity (Wildman–Crippen MR) is 94.7 cm³/mol. The first kappa shape index (κ1) is 17.7. The molecule has 0 saturated heterocycles. The number of nitrogens with one attached hydrogen (secondary N) is 1. The summed E-state index contributed by atoms with van der Waals surface area (Å²) in [5.74, 6) is -0.926. The van der Waals surface area contributed by atoms with Crippen molar-refractivity contribution in [1.29, 1.82) is 0 Å². The van der Waals surface area contributed by atoms with Gasteiger partial charge in [0.1, 0.15) is 11.5 Å². The van der Waals surface area contributed by atoms with Crippen LogP contribution in [0.15, 0.2) is 38.4 Å². The smallest absolute Gasteiger partial charge is 0.275 e. The fraction of sp³-hybridized carbons (Fsp3) is 0.133. The third kappa shape index (κ3) is 3.61. The molecule has 0 saturated carbocycles. The van der Waals surface area contributed by atoms with Crippen LogP contribution in [0, 0.1) is 12.7 Å². The molecule has 9 nitrogen and oxygen atoms in total. The summed E-state index contributed by atoms with van der Waals surface area (Å²) < 4.78 is 19.6. The van der Waals surface area contributed by atoms with E-state index in [4.69, 9.17) is 5.73 Å². The Morgan fingerprint density at radius 3 is 2.81 bits per heavy atom. The van der Waals surface area contributed by atoms with Crippen LogP contribution >= 0.6 is 15.9 Å². The number of aromatic nitrogens is 4. The maximum absolute atomic E-state index is 13.3. The molecule has 0 atom stereocenters. The molecule has 3 rings (SSSR count). The van der Waals surface area contributed by atoms with Gasteiger partial charge in [-0.2, -0.15) is 5.10 Å². The van der Waals surface area contributed by atoms with Crippen LogP contribution in [0.2, 0.25) is 0 Å². The lowest BCUT2D eigenvalue weighted by Gasteiger charge is -2.03. The summed E-state index contributed by atoms with van der Waals surface area (Å²) in [5, 5.41) is 14.0. The highest BCUT2D eigenvalue weighted by Gasteiger charge is 2.19. The van der Waals surface area contributed by atoms with E-state index in [1.54, 1.807) is 20.0 Å². The van der Waals surface area contributed by atoms with Crippen LogP contribution in [0.5, 0.6) is 0 Å². The molecule has 11 heteroatoms. The first-order chi connectivity index (χ1) is 12.3. The van der Waals surface area contributed by atoms with Crippen LogP contribution in [0.25, 0.3) is 0 Å². The lowest BCUT2D eigenvalue weighted by Crippen LogP contribution is -2.20. The van der Waals surface area contributed by atoms with Crippen molar-refractivity contribution in [3.8, 4) is 0 Å². The monoisotopic (exact) mass is 421 g/mol. The van der Waals surface area contributed by atoms with E-state index >= 15 is 0 Å². The van der Waals surface area contributed by atoms with Crippen LogP contribution in [0.4, 0.5) is 15.9 Å². The average molecular weight is 422 g/mol. The Morgan fingerprint density at radius 1 is 1.38 bits per heavy atom. The van der Waals surface area contributed by atoms with Gasteiger partial charge < -0.3 is 11.1 Å². The summed E-state index contributed by atoms with van der Waals surface area (Å²) in [4.78, 5) is 16.5. The number of carbonyl (C=O) groups is 1. The number of nitrogens with zero attached hydrogens (tertiary/aromatic N) is 5. The predicted octanol–water partition coefficient (Wildman–Crippen LogP) is 2.30. The molecule has 0 bridgehead atoms. The topological polar surface area (TPSA) is 124 Å². The quantitative estimate of drug-likeness (QED) is 0.491. The average Bonchev–Trinajstić information content (AvgIpc) is 3.17. The van der Waals surface area contributed by atoms with Crippen LogP contribution < -0.4 is 11.1 Å². The number of carbonyl (C=O) groups excluding carboxylic acids is 1. The molecule has 0 unspecified atom stereocenters. The molecule has 0 aliphatic carbocycles. The van der Waals surface area contributed by atoms with Crippen molar-refractivity contribution in [1.82, 2.24) is 20.1 Å². The van der Waals surface area contributed by atoms with Crippen molar-refractivity contribution < 1.29 is 13.8 Å². The molecule has 0 aliphatic rings. The number of amidine groups is 1. The van der Waals surface area contributed by atoms with Crippen molar-refractivity contribution in [2.45, 2.75) is 6.92 Å². The fourth-order valence-corrected chi connectivity index (χ4v) is 2.55. The number of benzene rings is 1. The number of halogens is 2. The summed E-state index contributed by atoms with van der Waals surface area (Å²) in [6.45, 7) is 1.77. The van der Waals surface area contributed by atoms with Crippen molar-refractivity contribution in [2.75, 3.05) is 5.32 Å². The first-order valence-electron chi connectivity index (χ1n) is 7.29. The Balaban J connectivity index is 1.85. The number of aryl methyl sites for hydroxylation is 2. The van der Waals surface area contributed by atoms with E-state index in [9.17, 15) is 9.18 Å². The van der Waals surface area contributed by atoms with Gasteiger partial charge in [-0.25, -0.2) is 14.0 Å². The minimum absolute atomic E-state index is 0.0104. The lowest BCUT2D eigenvalue weighted by molar-refractivity contribution is 0.101. The maximum atomic E-state index is 13.3. The number of amides is 1. The zero-order valence-corrected chi connectivity index (χ0v) is 15.3. The number of hydrogen-bond donors (Lipinski definition) is 2. The second-order valence-electron chi connectivity index (χ2n) is 5.31. The molecule has 1 amide bonds. The summed E-state index contributed by atoms with van der Waals surface area (Å²) in [6.07, 6.45) is 0.